The third-order valence-corrected chi connectivity index (χ3v) is 2.67. The second-order valence-corrected chi connectivity index (χ2v) is 3.95. The van der Waals surface area contributed by atoms with Crippen molar-refractivity contribution in [1.82, 2.24) is 15.5 Å². The van der Waals surface area contributed by atoms with Gasteiger partial charge in [-0.1, -0.05) is 5.16 Å². The summed E-state index contributed by atoms with van der Waals surface area (Å²) in [6.45, 7) is 5.44. The van der Waals surface area contributed by atoms with Crippen molar-refractivity contribution in [3.63, 3.8) is 0 Å². The van der Waals surface area contributed by atoms with Gasteiger partial charge in [0.15, 0.2) is 5.82 Å². The summed E-state index contributed by atoms with van der Waals surface area (Å²) in [5.41, 5.74) is 0. The van der Waals surface area contributed by atoms with Gasteiger partial charge in [0.2, 0.25) is 5.89 Å². The van der Waals surface area contributed by atoms with Gasteiger partial charge in [-0.2, -0.15) is 4.98 Å². The van der Waals surface area contributed by atoms with Gasteiger partial charge in [0.25, 0.3) is 0 Å². The normalized spacial score (nSPS) is 23.2. The summed E-state index contributed by atoms with van der Waals surface area (Å²) < 4.78 is 10.5. The highest BCUT2D eigenvalue weighted by Gasteiger charge is 2.22. The average molecular weight is 211 g/mol. The lowest BCUT2D eigenvalue weighted by Crippen LogP contribution is -2.36. The lowest BCUT2D eigenvalue weighted by molar-refractivity contribution is 0.0829. The minimum atomic E-state index is 0.331. The third-order valence-electron chi connectivity index (χ3n) is 2.67. The van der Waals surface area contributed by atoms with Crippen molar-refractivity contribution in [1.29, 1.82) is 0 Å². The molecule has 0 saturated carbocycles. The average Bonchev–Trinajstić information content (AvgIpc) is 2.84. The minimum Gasteiger partial charge on any atom is -0.377 e. The molecule has 0 radical (unpaired) electrons. The Balaban J connectivity index is 1.77. The summed E-state index contributed by atoms with van der Waals surface area (Å²) in [5.74, 6) is 1.31. The predicted molar refractivity (Wildman–Crippen MR) is 54.3 cm³/mol. The summed E-state index contributed by atoms with van der Waals surface area (Å²) in [6, 6.07) is 0.339. The third kappa shape index (κ3) is 2.76. The Bertz CT molecular complexity index is 307. The number of nitrogens with one attached hydrogen (secondary N) is 1. The number of nitrogens with zero attached hydrogens (tertiary/aromatic N) is 2. The molecule has 0 aromatic carbocycles. The molecule has 5 nitrogen and oxygen atoms in total. The number of aryl methyl sites for hydroxylation is 1. The molecular weight excluding hydrogens is 194 g/mol. The summed E-state index contributed by atoms with van der Waals surface area (Å²) in [5, 5.41) is 7.17. The van der Waals surface area contributed by atoms with E-state index in [1.165, 1.54) is 0 Å². The molecule has 0 bridgehead atoms. The van der Waals surface area contributed by atoms with E-state index in [1.54, 1.807) is 6.92 Å². The Hall–Kier alpha value is -0.940. The fourth-order valence-corrected chi connectivity index (χ4v) is 1.79. The molecule has 2 rings (SSSR count). The van der Waals surface area contributed by atoms with Gasteiger partial charge in [0.1, 0.15) is 0 Å². The highest BCUT2D eigenvalue weighted by atomic mass is 16.5. The van der Waals surface area contributed by atoms with Crippen LogP contribution >= 0.6 is 0 Å². The molecule has 1 aromatic heterocycles. The predicted octanol–water partition coefficient (Wildman–Crippen LogP) is 1.04. The molecule has 1 N–H and O–H groups in total. The number of aromatic nitrogens is 2. The molecule has 0 unspecified atom stereocenters. The van der Waals surface area contributed by atoms with Crippen molar-refractivity contribution < 1.29 is 9.26 Å². The zero-order valence-electron chi connectivity index (χ0n) is 9.19. The zero-order valence-corrected chi connectivity index (χ0v) is 9.19. The fourth-order valence-electron chi connectivity index (χ4n) is 1.79. The lowest BCUT2D eigenvalue weighted by atomic mass is 10.1. The Labute approximate surface area is 89.2 Å². The van der Waals surface area contributed by atoms with Crippen LogP contribution in [0, 0.1) is 6.92 Å². The lowest BCUT2D eigenvalue weighted by Gasteiger charge is -2.18. The number of ether oxygens (including phenoxy) is 1. The summed E-state index contributed by atoms with van der Waals surface area (Å²) in [4.78, 5) is 4.13. The zero-order chi connectivity index (χ0) is 10.7. The van der Waals surface area contributed by atoms with Crippen molar-refractivity contribution in [2.75, 3.05) is 6.61 Å². The van der Waals surface area contributed by atoms with Crippen LogP contribution in [0.3, 0.4) is 0 Å². The molecular formula is C10H17N3O2. The Morgan fingerprint density at radius 3 is 3.07 bits per heavy atom. The molecule has 0 spiro atoms. The molecule has 1 saturated heterocycles. The SMILES string of the molecule is Cc1nc(CN[C@@H](C)[C@@H]2CCCO2)no1. The molecule has 1 aliphatic rings. The first-order chi connectivity index (χ1) is 7.25. The van der Waals surface area contributed by atoms with Gasteiger partial charge in [-0.05, 0) is 19.8 Å². The summed E-state index contributed by atoms with van der Waals surface area (Å²) >= 11 is 0. The maximum absolute atomic E-state index is 5.58. The van der Waals surface area contributed by atoms with E-state index >= 15 is 0 Å². The Morgan fingerprint density at radius 2 is 2.47 bits per heavy atom. The summed E-state index contributed by atoms with van der Waals surface area (Å²) in [6.07, 6.45) is 2.63. The van der Waals surface area contributed by atoms with E-state index in [1.807, 2.05) is 0 Å². The number of hydrogen-bond acceptors (Lipinski definition) is 5. The van der Waals surface area contributed by atoms with Gasteiger partial charge in [-0.25, -0.2) is 0 Å². The molecule has 15 heavy (non-hydrogen) atoms. The van der Waals surface area contributed by atoms with Gasteiger partial charge in [-0.3, -0.25) is 0 Å². The highest BCUT2D eigenvalue weighted by Crippen LogP contribution is 2.15. The molecule has 1 fully saturated rings. The highest BCUT2D eigenvalue weighted by molar-refractivity contribution is 4.85. The van der Waals surface area contributed by atoms with Crippen molar-refractivity contribution in [3.05, 3.63) is 11.7 Å². The van der Waals surface area contributed by atoms with Gasteiger partial charge in [-0.15, -0.1) is 0 Å². The second kappa shape index (κ2) is 4.72. The van der Waals surface area contributed by atoms with Crippen LogP contribution in [-0.4, -0.2) is 28.9 Å². The van der Waals surface area contributed by atoms with Gasteiger partial charge in [0, 0.05) is 19.6 Å². The van der Waals surface area contributed by atoms with E-state index in [9.17, 15) is 0 Å². The summed E-state index contributed by atoms with van der Waals surface area (Å²) in [7, 11) is 0. The van der Waals surface area contributed by atoms with Crippen molar-refractivity contribution in [2.24, 2.45) is 0 Å². The van der Waals surface area contributed by atoms with Crippen molar-refractivity contribution in [2.45, 2.75) is 45.4 Å². The molecule has 0 amide bonds. The molecule has 1 aliphatic heterocycles. The number of hydrogen-bond donors (Lipinski definition) is 1. The van der Waals surface area contributed by atoms with Gasteiger partial charge in [0.05, 0.1) is 12.6 Å². The van der Waals surface area contributed by atoms with Crippen LogP contribution in [0.1, 0.15) is 31.5 Å². The van der Waals surface area contributed by atoms with E-state index in [2.05, 4.69) is 22.4 Å². The first kappa shape index (κ1) is 10.6. The topological polar surface area (TPSA) is 60.2 Å². The van der Waals surface area contributed by atoms with E-state index in [4.69, 9.17) is 9.26 Å². The molecule has 84 valence electrons. The molecule has 0 aliphatic carbocycles. The van der Waals surface area contributed by atoms with Crippen LogP contribution in [0.4, 0.5) is 0 Å². The van der Waals surface area contributed by atoms with Gasteiger partial charge < -0.3 is 14.6 Å². The second-order valence-electron chi connectivity index (χ2n) is 3.95. The van der Waals surface area contributed by atoms with Crippen LogP contribution in [0.2, 0.25) is 0 Å². The van der Waals surface area contributed by atoms with Crippen LogP contribution in [0.15, 0.2) is 4.52 Å². The van der Waals surface area contributed by atoms with Gasteiger partial charge >= 0.3 is 0 Å². The van der Waals surface area contributed by atoms with E-state index in [-0.39, 0.29) is 0 Å². The Kier molecular flexibility index (Phi) is 3.33. The maximum atomic E-state index is 5.58. The Morgan fingerprint density at radius 1 is 1.60 bits per heavy atom. The molecule has 2 atom stereocenters. The standard InChI is InChI=1S/C10H17N3O2/c1-7(9-4-3-5-14-9)11-6-10-12-8(2)15-13-10/h7,9,11H,3-6H2,1-2H3/t7-,9-/m0/s1. The minimum absolute atomic E-state index is 0.331. The molecule has 5 heteroatoms. The molecule has 1 aromatic rings. The van der Waals surface area contributed by atoms with Crippen LogP contribution in [0.5, 0.6) is 0 Å². The maximum Gasteiger partial charge on any atom is 0.223 e. The van der Waals surface area contributed by atoms with Crippen LogP contribution in [-0.2, 0) is 11.3 Å². The monoisotopic (exact) mass is 211 g/mol. The quantitative estimate of drug-likeness (QED) is 0.806. The van der Waals surface area contributed by atoms with E-state index in [0.29, 0.717) is 30.4 Å². The van der Waals surface area contributed by atoms with Crippen LogP contribution in [0.25, 0.3) is 0 Å². The van der Waals surface area contributed by atoms with E-state index < -0.39 is 0 Å². The fraction of sp³-hybridized carbons (Fsp3) is 0.800. The van der Waals surface area contributed by atoms with E-state index in [0.717, 1.165) is 19.4 Å². The van der Waals surface area contributed by atoms with Crippen molar-refractivity contribution >= 4 is 0 Å². The van der Waals surface area contributed by atoms with Crippen molar-refractivity contribution in [3.8, 4) is 0 Å². The first-order valence-electron chi connectivity index (χ1n) is 5.40. The smallest absolute Gasteiger partial charge is 0.223 e. The van der Waals surface area contributed by atoms with Crippen LogP contribution < -0.4 is 5.32 Å². The first-order valence-corrected chi connectivity index (χ1v) is 5.40. The molecule has 2 heterocycles. The number of rotatable bonds is 4. The largest absolute Gasteiger partial charge is 0.377 e.